The first-order valence-corrected chi connectivity index (χ1v) is 12.0. The average Bonchev–Trinajstić information content (AvgIpc) is 2.81. The van der Waals surface area contributed by atoms with Crippen LogP contribution in [-0.4, -0.2) is 52.1 Å². The van der Waals surface area contributed by atoms with Crippen molar-refractivity contribution in [2.75, 3.05) is 26.7 Å². The maximum absolute atomic E-state index is 12.6. The normalized spacial score (nSPS) is 15.5. The minimum atomic E-state index is -3.63. The Bertz CT molecular complexity index is 1210. The van der Waals surface area contributed by atoms with Crippen molar-refractivity contribution in [3.63, 3.8) is 0 Å². The number of likely N-dealkylation sites (N-methyl/N-ethyl adjacent to an activating group) is 1. The lowest BCUT2D eigenvalue weighted by molar-refractivity contribution is -0.131. The summed E-state index contributed by atoms with van der Waals surface area (Å²) in [6.07, 6.45) is 0.395. The van der Waals surface area contributed by atoms with Crippen molar-refractivity contribution < 1.29 is 22.7 Å². The number of para-hydroxylation sites is 2. The van der Waals surface area contributed by atoms with Crippen molar-refractivity contribution in [1.82, 2.24) is 9.62 Å². The minimum absolute atomic E-state index is 0.0719. The molecular formula is C24H26N2O5S. The number of carbonyl (C=O) groups excluding carboxylic acids is 1. The highest BCUT2D eigenvalue weighted by Crippen LogP contribution is 2.31. The van der Waals surface area contributed by atoms with Crippen molar-refractivity contribution in [3.05, 3.63) is 66.7 Å². The van der Waals surface area contributed by atoms with E-state index in [1.807, 2.05) is 48.5 Å². The molecule has 8 heteroatoms. The monoisotopic (exact) mass is 454 g/mol. The van der Waals surface area contributed by atoms with E-state index in [4.69, 9.17) is 9.47 Å². The smallest absolute Gasteiger partial charge is 0.240 e. The lowest BCUT2D eigenvalue weighted by atomic mass is 10.1. The summed E-state index contributed by atoms with van der Waals surface area (Å²) in [5, 5.41) is 1.85. The molecule has 1 aliphatic rings. The van der Waals surface area contributed by atoms with Gasteiger partial charge in [0.25, 0.3) is 0 Å². The average molecular weight is 455 g/mol. The van der Waals surface area contributed by atoms with E-state index in [-0.39, 0.29) is 29.9 Å². The number of hydrogen-bond acceptors (Lipinski definition) is 5. The third-order valence-corrected chi connectivity index (χ3v) is 6.82. The van der Waals surface area contributed by atoms with Gasteiger partial charge in [0.1, 0.15) is 6.61 Å². The topological polar surface area (TPSA) is 84.9 Å². The Kier molecular flexibility index (Phi) is 6.62. The van der Waals surface area contributed by atoms with Crippen molar-refractivity contribution >= 4 is 26.7 Å². The van der Waals surface area contributed by atoms with E-state index >= 15 is 0 Å². The molecule has 0 aromatic heterocycles. The second kappa shape index (κ2) is 9.58. The van der Waals surface area contributed by atoms with Gasteiger partial charge in [0, 0.05) is 20.0 Å². The van der Waals surface area contributed by atoms with E-state index < -0.39 is 10.0 Å². The molecule has 168 valence electrons. The van der Waals surface area contributed by atoms with Crippen LogP contribution in [0.2, 0.25) is 0 Å². The summed E-state index contributed by atoms with van der Waals surface area (Å²) in [5.41, 5.74) is 0. The number of benzene rings is 3. The SMILES string of the molecule is CN(C[C@H]1COc2ccccc2O1)C(=O)CCCNS(=O)(=O)c1ccc2ccccc2c1. The third-order valence-electron chi connectivity index (χ3n) is 5.36. The van der Waals surface area contributed by atoms with Crippen LogP contribution in [-0.2, 0) is 14.8 Å². The summed E-state index contributed by atoms with van der Waals surface area (Å²) >= 11 is 0. The lowest BCUT2D eigenvalue weighted by Crippen LogP contribution is -2.41. The molecule has 4 rings (SSSR count). The summed E-state index contributed by atoms with van der Waals surface area (Å²) in [6.45, 7) is 0.960. The molecule has 1 aliphatic heterocycles. The quantitative estimate of drug-likeness (QED) is 0.529. The molecule has 0 unspecified atom stereocenters. The third kappa shape index (κ3) is 5.20. The Morgan fingerprint density at radius 3 is 2.56 bits per heavy atom. The molecule has 1 N–H and O–H groups in total. The zero-order valence-electron chi connectivity index (χ0n) is 17.9. The van der Waals surface area contributed by atoms with Gasteiger partial charge in [-0.2, -0.15) is 0 Å². The molecule has 0 saturated carbocycles. The predicted octanol–water partition coefficient (Wildman–Crippen LogP) is 3.20. The van der Waals surface area contributed by atoms with Gasteiger partial charge in [0.2, 0.25) is 15.9 Å². The first-order valence-electron chi connectivity index (χ1n) is 10.5. The van der Waals surface area contributed by atoms with Gasteiger partial charge < -0.3 is 14.4 Å². The Morgan fingerprint density at radius 1 is 1.03 bits per heavy atom. The number of rotatable bonds is 8. The zero-order chi connectivity index (χ0) is 22.6. The fourth-order valence-electron chi connectivity index (χ4n) is 3.62. The van der Waals surface area contributed by atoms with E-state index in [2.05, 4.69) is 4.72 Å². The molecule has 32 heavy (non-hydrogen) atoms. The predicted molar refractivity (Wildman–Crippen MR) is 122 cm³/mol. The van der Waals surface area contributed by atoms with E-state index in [1.54, 1.807) is 30.1 Å². The second-order valence-electron chi connectivity index (χ2n) is 7.78. The lowest BCUT2D eigenvalue weighted by Gasteiger charge is -2.29. The molecule has 0 spiro atoms. The maximum atomic E-state index is 12.6. The molecule has 0 radical (unpaired) electrons. The number of ether oxygens (including phenoxy) is 2. The van der Waals surface area contributed by atoms with Crippen molar-refractivity contribution in [1.29, 1.82) is 0 Å². The van der Waals surface area contributed by atoms with Crippen LogP contribution < -0.4 is 14.2 Å². The molecule has 1 atom stereocenters. The van der Waals surface area contributed by atoms with Gasteiger partial charge in [-0.15, -0.1) is 0 Å². The van der Waals surface area contributed by atoms with E-state index in [9.17, 15) is 13.2 Å². The van der Waals surface area contributed by atoms with E-state index in [1.165, 1.54) is 0 Å². The minimum Gasteiger partial charge on any atom is -0.486 e. The Labute approximate surface area is 188 Å². The Balaban J connectivity index is 1.23. The number of amides is 1. The Hall–Kier alpha value is -3.10. The summed E-state index contributed by atoms with van der Waals surface area (Å²) in [7, 11) is -1.92. The maximum Gasteiger partial charge on any atom is 0.240 e. The van der Waals surface area contributed by atoms with Gasteiger partial charge in [-0.05, 0) is 41.5 Å². The van der Waals surface area contributed by atoms with Crippen LogP contribution in [0.15, 0.2) is 71.6 Å². The summed E-state index contributed by atoms with van der Waals surface area (Å²) in [4.78, 5) is 14.3. The summed E-state index contributed by atoms with van der Waals surface area (Å²) in [5.74, 6) is 1.31. The second-order valence-corrected chi connectivity index (χ2v) is 9.55. The number of nitrogens with one attached hydrogen (secondary N) is 1. The zero-order valence-corrected chi connectivity index (χ0v) is 18.7. The van der Waals surface area contributed by atoms with Crippen LogP contribution in [0.1, 0.15) is 12.8 Å². The standard InChI is InChI=1S/C24H26N2O5S/c1-26(16-20-17-30-22-9-4-5-10-23(22)31-20)24(27)11-6-14-25-32(28,29)21-13-12-18-7-2-3-8-19(18)15-21/h2-5,7-10,12-13,15,20,25H,6,11,14,16-17H2,1H3/t20-/m0/s1. The molecule has 3 aromatic carbocycles. The highest BCUT2D eigenvalue weighted by molar-refractivity contribution is 7.89. The largest absolute Gasteiger partial charge is 0.486 e. The molecule has 0 bridgehead atoms. The Morgan fingerprint density at radius 2 is 1.75 bits per heavy atom. The molecule has 1 heterocycles. The molecule has 0 aliphatic carbocycles. The van der Waals surface area contributed by atoms with Crippen LogP contribution in [0.4, 0.5) is 0 Å². The number of hydrogen-bond donors (Lipinski definition) is 1. The highest BCUT2D eigenvalue weighted by atomic mass is 32.2. The number of sulfonamides is 1. The van der Waals surface area contributed by atoms with E-state index in [0.717, 1.165) is 10.8 Å². The molecule has 7 nitrogen and oxygen atoms in total. The molecule has 0 fully saturated rings. The number of fused-ring (bicyclic) bond motifs is 2. The number of nitrogens with zero attached hydrogens (tertiary/aromatic N) is 1. The number of carbonyl (C=O) groups is 1. The van der Waals surface area contributed by atoms with Gasteiger partial charge in [0.15, 0.2) is 17.6 Å². The molecule has 0 saturated heterocycles. The van der Waals surface area contributed by atoms with Gasteiger partial charge in [-0.25, -0.2) is 13.1 Å². The van der Waals surface area contributed by atoms with Crippen LogP contribution in [0.3, 0.4) is 0 Å². The van der Waals surface area contributed by atoms with Crippen LogP contribution in [0.25, 0.3) is 10.8 Å². The van der Waals surface area contributed by atoms with Crippen molar-refractivity contribution in [3.8, 4) is 11.5 Å². The molecule has 3 aromatic rings. The van der Waals surface area contributed by atoms with Gasteiger partial charge in [-0.1, -0.05) is 42.5 Å². The van der Waals surface area contributed by atoms with Gasteiger partial charge in [0.05, 0.1) is 11.4 Å². The molecular weight excluding hydrogens is 428 g/mol. The van der Waals surface area contributed by atoms with Crippen LogP contribution >= 0.6 is 0 Å². The molecule has 1 amide bonds. The van der Waals surface area contributed by atoms with Crippen molar-refractivity contribution in [2.24, 2.45) is 0 Å². The van der Waals surface area contributed by atoms with Crippen molar-refractivity contribution in [2.45, 2.75) is 23.8 Å². The summed E-state index contributed by atoms with van der Waals surface area (Å²) < 4.78 is 39.3. The first-order chi connectivity index (χ1) is 15.4. The van der Waals surface area contributed by atoms with Crippen LogP contribution in [0.5, 0.6) is 11.5 Å². The summed E-state index contributed by atoms with van der Waals surface area (Å²) in [6, 6.07) is 20.1. The van der Waals surface area contributed by atoms with Crippen LogP contribution in [0, 0.1) is 0 Å². The van der Waals surface area contributed by atoms with Gasteiger partial charge >= 0.3 is 0 Å². The highest BCUT2D eigenvalue weighted by Gasteiger charge is 2.23. The van der Waals surface area contributed by atoms with E-state index in [0.29, 0.717) is 31.1 Å². The van der Waals surface area contributed by atoms with Gasteiger partial charge in [-0.3, -0.25) is 4.79 Å². The fourth-order valence-corrected chi connectivity index (χ4v) is 4.72. The first kappa shape index (κ1) is 22.1. The fraction of sp³-hybridized carbons (Fsp3) is 0.292.